The van der Waals surface area contributed by atoms with E-state index in [0.29, 0.717) is 34.8 Å². The minimum atomic E-state index is -0.772. The number of nitrogens with one attached hydrogen (secondary N) is 2. The van der Waals surface area contributed by atoms with Crippen molar-refractivity contribution in [3.05, 3.63) is 33.8 Å². The lowest BCUT2D eigenvalue weighted by Crippen LogP contribution is -2.38. The van der Waals surface area contributed by atoms with Crippen LogP contribution in [0.15, 0.2) is 23.2 Å². The molecule has 0 aliphatic carbocycles. The van der Waals surface area contributed by atoms with Gasteiger partial charge in [-0.25, -0.2) is 0 Å². The number of aliphatic hydroxyl groups excluding tert-OH is 1. The smallest absolute Gasteiger partial charge is 0.191 e. The first kappa shape index (κ1) is 22.2. The van der Waals surface area contributed by atoms with Gasteiger partial charge in [-0.05, 0) is 49.9 Å². The van der Waals surface area contributed by atoms with Crippen LogP contribution >= 0.6 is 23.2 Å². The van der Waals surface area contributed by atoms with Crippen LogP contribution in [0.5, 0.6) is 0 Å². The van der Waals surface area contributed by atoms with E-state index in [1.165, 1.54) is 0 Å². The Morgan fingerprint density at radius 2 is 2.11 bits per heavy atom. The van der Waals surface area contributed by atoms with Gasteiger partial charge in [0.25, 0.3) is 0 Å². The minimum Gasteiger partial charge on any atom is -0.386 e. The van der Waals surface area contributed by atoms with Crippen LogP contribution in [0.25, 0.3) is 0 Å². The summed E-state index contributed by atoms with van der Waals surface area (Å²) in [5.74, 6) is 0.656. The molecule has 2 rings (SSSR count). The van der Waals surface area contributed by atoms with Gasteiger partial charge in [-0.15, -0.1) is 0 Å². The third kappa shape index (κ3) is 8.66. The van der Waals surface area contributed by atoms with E-state index in [9.17, 15) is 5.11 Å². The lowest BCUT2D eigenvalue weighted by atomic mass is 10.1. The predicted molar refractivity (Wildman–Crippen MR) is 110 cm³/mol. The van der Waals surface area contributed by atoms with E-state index in [1.54, 1.807) is 18.2 Å². The van der Waals surface area contributed by atoms with Crippen LogP contribution in [0.4, 0.5) is 0 Å². The molecular weight excluding hydrogens is 389 g/mol. The molecule has 0 spiro atoms. The maximum absolute atomic E-state index is 10.3. The Kier molecular flexibility index (Phi) is 10.2. The molecule has 3 N–H and O–H groups in total. The Morgan fingerprint density at radius 1 is 1.33 bits per heavy atom. The van der Waals surface area contributed by atoms with Crippen molar-refractivity contribution in [2.45, 2.75) is 38.4 Å². The highest BCUT2D eigenvalue weighted by molar-refractivity contribution is 6.34. The van der Waals surface area contributed by atoms with Crippen molar-refractivity contribution in [2.24, 2.45) is 4.99 Å². The van der Waals surface area contributed by atoms with E-state index in [0.717, 1.165) is 39.0 Å². The molecule has 1 aromatic rings. The second kappa shape index (κ2) is 12.4. The van der Waals surface area contributed by atoms with E-state index in [1.807, 2.05) is 6.92 Å². The van der Waals surface area contributed by atoms with Crippen LogP contribution in [-0.2, 0) is 9.47 Å². The summed E-state index contributed by atoms with van der Waals surface area (Å²) in [6, 6.07) is 5.02. The molecule has 1 saturated heterocycles. The molecule has 0 amide bonds. The Morgan fingerprint density at radius 3 is 2.78 bits per heavy atom. The zero-order chi connectivity index (χ0) is 19.5. The maximum Gasteiger partial charge on any atom is 0.191 e. The highest BCUT2D eigenvalue weighted by atomic mass is 35.5. The molecule has 1 fully saturated rings. The van der Waals surface area contributed by atoms with Crippen molar-refractivity contribution in [2.75, 3.05) is 39.5 Å². The van der Waals surface area contributed by atoms with Crippen molar-refractivity contribution in [1.82, 2.24) is 10.6 Å². The topological polar surface area (TPSA) is 75.1 Å². The highest BCUT2D eigenvalue weighted by Crippen LogP contribution is 2.23. The summed E-state index contributed by atoms with van der Waals surface area (Å²) in [6.07, 6.45) is 2.58. The third-order valence-corrected chi connectivity index (χ3v) is 4.56. The van der Waals surface area contributed by atoms with E-state index in [4.69, 9.17) is 32.7 Å². The molecule has 2 unspecified atom stereocenters. The summed E-state index contributed by atoms with van der Waals surface area (Å²) in [6.45, 7) is 5.87. The lowest BCUT2D eigenvalue weighted by molar-refractivity contribution is 0.0168. The normalized spacial score (nSPS) is 18.5. The van der Waals surface area contributed by atoms with Crippen molar-refractivity contribution < 1.29 is 14.6 Å². The van der Waals surface area contributed by atoms with Crippen LogP contribution in [0.3, 0.4) is 0 Å². The number of hydrogen-bond acceptors (Lipinski definition) is 4. The Balaban J connectivity index is 1.70. The molecular formula is C19H29Cl2N3O3. The fourth-order valence-electron chi connectivity index (χ4n) is 2.76. The molecule has 0 aromatic heterocycles. The zero-order valence-electron chi connectivity index (χ0n) is 15.7. The molecule has 6 nitrogen and oxygen atoms in total. The van der Waals surface area contributed by atoms with E-state index >= 15 is 0 Å². The summed E-state index contributed by atoms with van der Waals surface area (Å²) in [4.78, 5) is 4.43. The van der Waals surface area contributed by atoms with Gasteiger partial charge >= 0.3 is 0 Å². The number of aliphatic imine (C=N–C) groups is 1. The molecule has 1 heterocycles. The summed E-state index contributed by atoms with van der Waals surface area (Å²) in [5.41, 5.74) is 0.648. The molecule has 27 heavy (non-hydrogen) atoms. The SMILES string of the molecule is CCNC(=NCC(O)c1cc(Cl)cc(Cl)c1)NCCCOCC1CCCO1. The summed E-state index contributed by atoms with van der Waals surface area (Å²) >= 11 is 12.0. The van der Waals surface area contributed by atoms with Gasteiger partial charge < -0.3 is 25.2 Å². The fourth-order valence-corrected chi connectivity index (χ4v) is 3.31. The van der Waals surface area contributed by atoms with E-state index in [-0.39, 0.29) is 12.6 Å². The molecule has 0 bridgehead atoms. The third-order valence-electron chi connectivity index (χ3n) is 4.12. The van der Waals surface area contributed by atoms with Crippen LogP contribution in [-0.4, -0.2) is 56.6 Å². The highest BCUT2D eigenvalue weighted by Gasteiger charge is 2.15. The van der Waals surface area contributed by atoms with Gasteiger partial charge in [0.05, 0.1) is 25.4 Å². The quantitative estimate of drug-likeness (QED) is 0.309. The van der Waals surface area contributed by atoms with E-state index < -0.39 is 6.10 Å². The average molecular weight is 418 g/mol. The summed E-state index contributed by atoms with van der Waals surface area (Å²) in [7, 11) is 0. The van der Waals surface area contributed by atoms with Gasteiger partial charge in [-0.2, -0.15) is 0 Å². The molecule has 2 atom stereocenters. The van der Waals surface area contributed by atoms with Crippen molar-refractivity contribution in [3.63, 3.8) is 0 Å². The first-order chi connectivity index (χ1) is 13.1. The summed E-state index contributed by atoms with van der Waals surface area (Å²) in [5, 5.41) is 17.7. The Bertz CT molecular complexity index is 575. The summed E-state index contributed by atoms with van der Waals surface area (Å²) < 4.78 is 11.2. The monoisotopic (exact) mass is 417 g/mol. The maximum atomic E-state index is 10.3. The number of hydrogen-bond donors (Lipinski definition) is 3. The molecule has 0 radical (unpaired) electrons. The number of guanidine groups is 1. The molecule has 0 saturated carbocycles. The Labute approximate surface area is 171 Å². The molecule has 152 valence electrons. The molecule has 8 heteroatoms. The Hall–Kier alpha value is -1.05. The number of rotatable bonds is 10. The van der Waals surface area contributed by atoms with Crippen LogP contribution in [0, 0.1) is 0 Å². The molecule has 1 aliphatic heterocycles. The molecule has 1 aliphatic rings. The average Bonchev–Trinajstić information content (AvgIpc) is 3.14. The van der Waals surface area contributed by atoms with Crippen LogP contribution < -0.4 is 10.6 Å². The number of benzene rings is 1. The number of ether oxygens (including phenoxy) is 2. The standard InChI is InChI=1S/C19H29Cl2N3O3/c1-2-22-19(23-6-4-7-26-13-17-5-3-8-27-17)24-12-18(25)14-9-15(20)11-16(21)10-14/h9-11,17-18,25H,2-8,12-13H2,1H3,(H2,22,23,24). The van der Waals surface area contributed by atoms with Crippen LogP contribution in [0.2, 0.25) is 10.0 Å². The largest absolute Gasteiger partial charge is 0.386 e. The zero-order valence-corrected chi connectivity index (χ0v) is 17.2. The van der Waals surface area contributed by atoms with Gasteiger partial charge in [0.15, 0.2) is 5.96 Å². The van der Waals surface area contributed by atoms with Crippen molar-refractivity contribution >= 4 is 29.2 Å². The lowest BCUT2D eigenvalue weighted by Gasteiger charge is -2.14. The molecule has 1 aromatic carbocycles. The van der Waals surface area contributed by atoms with Gasteiger partial charge in [-0.3, -0.25) is 4.99 Å². The second-order valence-electron chi connectivity index (χ2n) is 6.43. The second-order valence-corrected chi connectivity index (χ2v) is 7.30. The van der Waals surface area contributed by atoms with Gasteiger partial charge in [0, 0.05) is 36.3 Å². The fraction of sp³-hybridized carbons (Fsp3) is 0.632. The van der Waals surface area contributed by atoms with Gasteiger partial charge in [-0.1, -0.05) is 23.2 Å². The van der Waals surface area contributed by atoms with Crippen molar-refractivity contribution in [1.29, 1.82) is 0 Å². The number of halogens is 2. The first-order valence-electron chi connectivity index (χ1n) is 9.44. The van der Waals surface area contributed by atoms with Crippen molar-refractivity contribution in [3.8, 4) is 0 Å². The number of nitrogens with zero attached hydrogens (tertiary/aromatic N) is 1. The van der Waals surface area contributed by atoms with Gasteiger partial charge in [0.2, 0.25) is 0 Å². The number of aliphatic hydroxyl groups is 1. The van der Waals surface area contributed by atoms with E-state index in [2.05, 4.69) is 15.6 Å². The predicted octanol–water partition coefficient (Wildman–Crippen LogP) is 3.17. The van der Waals surface area contributed by atoms with Gasteiger partial charge in [0.1, 0.15) is 0 Å². The van der Waals surface area contributed by atoms with Crippen LogP contribution in [0.1, 0.15) is 37.9 Å². The first-order valence-corrected chi connectivity index (χ1v) is 10.2. The minimum absolute atomic E-state index is 0.210.